The molecule has 128 valence electrons. The molecule has 0 unspecified atom stereocenters. The van der Waals surface area contributed by atoms with Gasteiger partial charge in [-0.05, 0) is 37.6 Å². The first-order valence-corrected chi connectivity index (χ1v) is 9.12. The van der Waals surface area contributed by atoms with Crippen LogP contribution in [0.4, 0.5) is 9.93 Å². The second kappa shape index (κ2) is 7.40. The summed E-state index contributed by atoms with van der Waals surface area (Å²) in [5.74, 6) is 0.832. The first kappa shape index (κ1) is 17.0. The molecule has 1 aromatic heterocycles. The zero-order valence-corrected chi connectivity index (χ0v) is 15.3. The number of amides is 2. The molecule has 0 atom stereocenters. The smallest absolute Gasteiger partial charge is 0.323 e. The number of benzene rings is 1. The number of aryl methyl sites for hydroxylation is 2. The Bertz CT molecular complexity index is 726. The molecule has 1 aromatic carbocycles. The van der Waals surface area contributed by atoms with Crippen molar-refractivity contribution in [1.82, 2.24) is 9.88 Å². The lowest BCUT2D eigenvalue weighted by molar-refractivity contribution is 0.115. The van der Waals surface area contributed by atoms with Crippen LogP contribution < -0.4 is 10.1 Å². The van der Waals surface area contributed by atoms with Gasteiger partial charge in [-0.15, -0.1) is 11.3 Å². The fourth-order valence-electron chi connectivity index (χ4n) is 2.64. The number of piperidine rings is 1. The van der Waals surface area contributed by atoms with Crippen LogP contribution in [0, 0.1) is 13.8 Å². The molecule has 5 nitrogen and oxygen atoms in total. The van der Waals surface area contributed by atoms with Crippen LogP contribution in [0.5, 0.6) is 5.75 Å². The van der Waals surface area contributed by atoms with Gasteiger partial charge in [-0.2, -0.15) is 0 Å². The Morgan fingerprint density at radius 1 is 1.38 bits per heavy atom. The summed E-state index contributed by atoms with van der Waals surface area (Å²) < 4.78 is 6.01. The summed E-state index contributed by atoms with van der Waals surface area (Å²) in [6, 6.07) is 5.60. The highest BCUT2D eigenvalue weighted by Crippen LogP contribution is 2.24. The summed E-state index contributed by atoms with van der Waals surface area (Å²) in [7, 11) is 0. The summed E-state index contributed by atoms with van der Waals surface area (Å²) in [6.45, 7) is 5.28. The van der Waals surface area contributed by atoms with E-state index < -0.39 is 0 Å². The number of rotatable bonds is 3. The lowest BCUT2D eigenvalue weighted by Crippen LogP contribution is -2.43. The number of aromatic nitrogens is 1. The van der Waals surface area contributed by atoms with Gasteiger partial charge in [0.1, 0.15) is 11.9 Å². The van der Waals surface area contributed by atoms with Crippen LogP contribution in [0.15, 0.2) is 24.4 Å². The number of carbonyl (C=O) groups excluding carboxylic acids is 1. The van der Waals surface area contributed by atoms with E-state index in [1.807, 2.05) is 36.9 Å². The Morgan fingerprint density at radius 2 is 2.12 bits per heavy atom. The fraction of sp³-hybridized carbons (Fsp3) is 0.412. The van der Waals surface area contributed by atoms with Gasteiger partial charge in [0.05, 0.1) is 0 Å². The van der Waals surface area contributed by atoms with Crippen LogP contribution in [0.3, 0.4) is 0 Å². The zero-order valence-electron chi connectivity index (χ0n) is 13.7. The topological polar surface area (TPSA) is 54.5 Å². The van der Waals surface area contributed by atoms with E-state index >= 15 is 0 Å². The number of thiazole rings is 1. The van der Waals surface area contributed by atoms with E-state index in [1.54, 1.807) is 6.20 Å². The molecule has 0 radical (unpaired) electrons. The molecule has 0 bridgehead atoms. The van der Waals surface area contributed by atoms with Crippen molar-refractivity contribution in [3.05, 3.63) is 39.9 Å². The Morgan fingerprint density at radius 3 is 2.75 bits per heavy atom. The minimum absolute atomic E-state index is 0.0925. The second-order valence-electron chi connectivity index (χ2n) is 5.92. The minimum atomic E-state index is -0.0925. The van der Waals surface area contributed by atoms with Gasteiger partial charge in [-0.1, -0.05) is 11.6 Å². The number of hydrogen-bond acceptors (Lipinski definition) is 4. The molecule has 0 aliphatic carbocycles. The quantitative estimate of drug-likeness (QED) is 0.871. The molecule has 24 heavy (non-hydrogen) atoms. The summed E-state index contributed by atoms with van der Waals surface area (Å²) in [4.78, 5) is 19.3. The van der Waals surface area contributed by atoms with E-state index in [4.69, 9.17) is 16.3 Å². The molecule has 1 N–H and O–H groups in total. The van der Waals surface area contributed by atoms with E-state index in [0.29, 0.717) is 18.2 Å². The zero-order chi connectivity index (χ0) is 17.1. The first-order chi connectivity index (χ1) is 11.5. The van der Waals surface area contributed by atoms with Gasteiger partial charge in [-0.25, -0.2) is 9.78 Å². The standard InChI is InChI=1S/C17H20ClN3O2S/c1-11-9-14(3-4-15(11)18)23-13-5-7-21(8-6-13)17(22)20-16-19-10-12(2)24-16/h3-4,9-10,13H,5-8H2,1-2H3,(H,19,20,22). The molecule has 0 saturated carbocycles. The number of halogens is 1. The van der Waals surface area contributed by atoms with E-state index in [0.717, 1.165) is 34.1 Å². The van der Waals surface area contributed by atoms with Gasteiger partial charge in [0.15, 0.2) is 5.13 Å². The SMILES string of the molecule is Cc1cnc(NC(=O)N2CCC(Oc3ccc(Cl)c(C)c3)CC2)s1. The minimum Gasteiger partial charge on any atom is -0.490 e. The van der Waals surface area contributed by atoms with Crippen molar-refractivity contribution < 1.29 is 9.53 Å². The first-order valence-electron chi connectivity index (χ1n) is 7.92. The van der Waals surface area contributed by atoms with Gasteiger partial charge in [0.25, 0.3) is 0 Å². The molecule has 3 rings (SSSR count). The number of ether oxygens (including phenoxy) is 1. The van der Waals surface area contributed by atoms with Gasteiger partial charge < -0.3 is 9.64 Å². The van der Waals surface area contributed by atoms with Gasteiger partial charge in [0.2, 0.25) is 0 Å². The van der Waals surface area contributed by atoms with Crippen molar-refractivity contribution >= 4 is 34.1 Å². The van der Waals surface area contributed by atoms with Crippen LogP contribution >= 0.6 is 22.9 Å². The Hall–Kier alpha value is -1.79. The van der Waals surface area contributed by atoms with E-state index in [-0.39, 0.29) is 12.1 Å². The number of urea groups is 1. The average Bonchev–Trinajstić information content (AvgIpc) is 2.96. The monoisotopic (exact) mass is 365 g/mol. The molecule has 2 amide bonds. The maximum atomic E-state index is 12.2. The molecule has 2 heterocycles. The van der Waals surface area contributed by atoms with Crippen molar-refractivity contribution in [2.24, 2.45) is 0 Å². The molecule has 0 spiro atoms. The summed E-state index contributed by atoms with van der Waals surface area (Å²) in [5, 5.41) is 4.24. The van der Waals surface area contributed by atoms with Crippen LogP contribution in [-0.2, 0) is 0 Å². The maximum absolute atomic E-state index is 12.2. The molecule has 1 aliphatic heterocycles. The summed E-state index contributed by atoms with van der Waals surface area (Å²) >= 11 is 7.51. The third-order valence-corrected chi connectivity index (χ3v) is 5.25. The van der Waals surface area contributed by atoms with Crippen LogP contribution in [-0.4, -0.2) is 35.1 Å². The largest absolute Gasteiger partial charge is 0.490 e. The maximum Gasteiger partial charge on any atom is 0.323 e. The molecule has 7 heteroatoms. The molecule has 1 fully saturated rings. The fourth-order valence-corrected chi connectivity index (χ4v) is 3.41. The molecule has 2 aromatic rings. The highest BCUT2D eigenvalue weighted by molar-refractivity contribution is 7.15. The van der Waals surface area contributed by atoms with Crippen LogP contribution in [0.2, 0.25) is 5.02 Å². The van der Waals surface area contributed by atoms with E-state index in [2.05, 4.69) is 10.3 Å². The molecule has 1 saturated heterocycles. The lowest BCUT2D eigenvalue weighted by Gasteiger charge is -2.32. The van der Waals surface area contributed by atoms with Gasteiger partial charge in [-0.3, -0.25) is 5.32 Å². The Balaban J connectivity index is 1.50. The number of nitrogens with one attached hydrogen (secondary N) is 1. The highest BCUT2D eigenvalue weighted by Gasteiger charge is 2.24. The van der Waals surface area contributed by atoms with Crippen molar-refractivity contribution in [1.29, 1.82) is 0 Å². The number of carbonyl (C=O) groups is 1. The number of hydrogen-bond donors (Lipinski definition) is 1. The van der Waals surface area contributed by atoms with Crippen molar-refractivity contribution in [3.63, 3.8) is 0 Å². The average molecular weight is 366 g/mol. The predicted octanol–water partition coefficient (Wildman–Crippen LogP) is 4.49. The third-order valence-electron chi connectivity index (χ3n) is 4.00. The highest BCUT2D eigenvalue weighted by atomic mass is 35.5. The van der Waals surface area contributed by atoms with E-state index in [1.165, 1.54) is 11.3 Å². The molecular weight excluding hydrogens is 346 g/mol. The van der Waals surface area contributed by atoms with Crippen LogP contribution in [0.1, 0.15) is 23.3 Å². The Kier molecular flexibility index (Phi) is 5.26. The van der Waals surface area contributed by atoms with Gasteiger partial charge in [0, 0.05) is 42.0 Å². The summed E-state index contributed by atoms with van der Waals surface area (Å²) in [5.41, 5.74) is 1.00. The number of nitrogens with zero attached hydrogens (tertiary/aromatic N) is 2. The third kappa shape index (κ3) is 4.19. The van der Waals surface area contributed by atoms with Crippen molar-refractivity contribution in [3.8, 4) is 5.75 Å². The predicted molar refractivity (Wildman–Crippen MR) is 97.3 cm³/mol. The Labute approximate surface area is 150 Å². The van der Waals surface area contributed by atoms with Crippen molar-refractivity contribution in [2.75, 3.05) is 18.4 Å². The molecule has 1 aliphatic rings. The molecular formula is C17H20ClN3O2S. The normalized spacial score (nSPS) is 15.4. The van der Waals surface area contributed by atoms with E-state index in [9.17, 15) is 4.79 Å². The lowest BCUT2D eigenvalue weighted by atomic mass is 10.1. The number of anilines is 1. The number of likely N-dealkylation sites (tertiary alicyclic amines) is 1. The van der Waals surface area contributed by atoms with Crippen LogP contribution in [0.25, 0.3) is 0 Å². The van der Waals surface area contributed by atoms with Gasteiger partial charge >= 0.3 is 6.03 Å². The summed E-state index contributed by atoms with van der Waals surface area (Å²) in [6.07, 6.45) is 3.50. The van der Waals surface area contributed by atoms with Crippen molar-refractivity contribution in [2.45, 2.75) is 32.8 Å². The second-order valence-corrected chi connectivity index (χ2v) is 7.56.